The number of nitrogens with zero attached hydrogens (tertiary/aromatic N) is 3. The lowest BCUT2D eigenvalue weighted by Crippen LogP contribution is -2.37. The van der Waals surface area contributed by atoms with E-state index in [9.17, 15) is 4.79 Å². The predicted octanol–water partition coefficient (Wildman–Crippen LogP) is 4.71. The van der Waals surface area contributed by atoms with Gasteiger partial charge in [0.15, 0.2) is 0 Å². The van der Waals surface area contributed by atoms with Gasteiger partial charge in [0.1, 0.15) is 6.54 Å². The highest BCUT2D eigenvalue weighted by atomic mass is 16.5. The maximum absolute atomic E-state index is 13.1. The fourth-order valence-corrected chi connectivity index (χ4v) is 2.89. The van der Waals surface area contributed by atoms with Crippen LogP contribution in [0.5, 0.6) is 0 Å². The second-order valence-electron chi connectivity index (χ2n) is 7.22. The highest BCUT2D eigenvalue weighted by Crippen LogP contribution is 2.20. The van der Waals surface area contributed by atoms with Gasteiger partial charge in [-0.25, -0.2) is 0 Å². The van der Waals surface area contributed by atoms with Crippen LogP contribution in [0.3, 0.4) is 0 Å². The number of aryl methyl sites for hydroxylation is 3. The zero-order valence-corrected chi connectivity index (χ0v) is 16.5. The van der Waals surface area contributed by atoms with E-state index >= 15 is 0 Å². The van der Waals surface area contributed by atoms with Crippen LogP contribution in [-0.2, 0) is 6.54 Å². The monoisotopic (exact) mass is 363 g/mol. The van der Waals surface area contributed by atoms with Crippen LogP contribution in [-0.4, -0.2) is 27.0 Å². The minimum atomic E-state index is -0.0266. The number of benzene rings is 2. The molecule has 0 aliphatic heterocycles. The second kappa shape index (κ2) is 7.74. The molecule has 0 spiro atoms. The predicted molar refractivity (Wildman–Crippen MR) is 105 cm³/mol. The molecule has 3 rings (SSSR count). The average molecular weight is 363 g/mol. The number of hydrogen-bond acceptors (Lipinski definition) is 4. The minimum absolute atomic E-state index is 0.00661. The van der Waals surface area contributed by atoms with Crippen molar-refractivity contribution >= 4 is 5.91 Å². The summed E-state index contributed by atoms with van der Waals surface area (Å²) in [4.78, 5) is 19.3. The van der Waals surface area contributed by atoms with Crippen molar-refractivity contribution in [2.24, 2.45) is 0 Å². The Labute approximate surface area is 160 Å². The van der Waals surface area contributed by atoms with Crippen LogP contribution in [0, 0.1) is 20.8 Å². The van der Waals surface area contributed by atoms with Gasteiger partial charge in [-0.1, -0.05) is 52.7 Å². The summed E-state index contributed by atoms with van der Waals surface area (Å²) in [5.41, 5.74) is 4.80. The third-order valence-electron chi connectivity index (χ3n) is 4.59. The minimum Gasteiger partial charge on any atom is -0.337 e. The first-order valence-corrected chi connectivity index (χ1v) is 9.13. The van der Waals surface area contributed by atoms with Gasteiger partial charge in [-0.3, -0.25) is 4.79 Å². The van der Waals surface area contributed by atoms with Crippen LogP contribution in [0.2, 0.25) is 0 Å². The Morgan fingerprint density at radius 2 is 1.70 bits per heavy atom. The quantitative estimate of drug-likeness (QED) is 0.658. The third-order valence-corrected chi connectivity index (χ3v) is 4.59. The van der Waals surface area contributed by atoms with Crippen molar-refractivity contribution in [3.8, 4) is 11.4 Å². The molecule has 2 aromatic carbocycles. The summed E-state index contributed by atoms with van der Waals surface area (Å²) in [5, 5.41) is 4.07. The van der Waals surface area contributed by atoms with Crippen molar-refractivity contribution < 1.29 is 9.32 Å². The number of hydrogen-bond donors (Lipinski definition) is 0. The van der Waals surface area contributed by atoms with Crippen molar-refractivity contribution in [1.82, 2.24) is 15.0 Å². The standard InChI is InChI=1S/C22H25N3O2/c1-14(2)25(22(26)19-12-16(4)6-9-17(19)5)13-20-23-21(24-27-20)18-10-7-15(3)8-11-18/h6-12,14H,13H2,1-5H3. The smallest absolute Gasteiger partial charge is 0.254 e. The van der Waals surface area contributed by atoms with E-state index in [4.69, 9.17) is 4.52 Å². The molecule has 0 aliphatic carbocycles. The van der Waals surface area contributed by atoms with E-state index in [1.165, 1.54) is 5.56 Å². The molecule has 1 amide bonds. The zero-order valence-electron chi connectivity index (χ0n) is 16.5. The largest absolute Gasteiger partial charge is 0.337 e. The van der Waals surface area contributed by atoms with Crippen LogP contribution in [0.4, 0.5) is 0 Å². The first kappa shape index (κ1) is 18.8. The highest BCUT2D eigenvalue weighted by Gasteiger charge is 2.23. The molecule has 0 saturated carbocycles. The molecule has 140 valence electrons. The van der Waals surface area contributed by atoms with Crippen LogP contribution >= 0.6 is 0 Å². The van der Waals surface area contributed by atoms with Gasteiger partial charge in [0.05, 0.1) is 0 Å². The van der Waals surface area contributed by atoms with Gasteiger partial charge in [-0.15, -0.1) is 0 Å². The van der Waals surface area contributed by atoms with Gasteiger partial charge in [-0.2, -0.15) is 4.98 Å². The molecule has 0 bridgehead atoms. The van der Waals surface area contributed by atoms with Gasteiger partial charge in [0.2, 0.25) is 11.7 Å². The SMILES string of the molecule is Cc1ccc(-c2noc(CN(C(=O)c3cc(C)ccc3C)C(C)C)n2)cc1. The molecule has 3 aromatic rings. The molecule has 0 radical (unpaired) electrons. The van der Waals surface area contributed by atoms with Gasteiger partial charge in [0.25, 0.3) is 5.91 Å². The van der Waals surface area contributed by atoms with E-state index in [2.05, 4.69) is 10.1 Å². The van der Waals surface area contributed by atoms with E-state index < -0.39 is 0 Å². The number of aromatic nitrogens is 2. The lowest BCUT2D eigenvalue weighted by atomic mass is 10.0. The Morgan fingerprint density at radius 1 is 1.04 bits per heavy atom. The lowest BCUT2D eigenvalue weighted by molar-refractivity contribution is 0.0666. The fourth-order valence-electron chi connectivity index (χ4n) is 2.89. The van der Waals surface area contributed by atoms with Crippen LogP contribution < -0.4 is 0 Å². The lowest BCUT2D eigenvalue weighted by Gasteiger charge is -2.26. The van der Waals surface area contributed by atoms with E-state index in [-0.39, 0.29) is 18.5 Å². The van der Waals surface area contributed by atoms with E-state index in [1.807, 2.05) is 77.1 Å². The van der Waals surface area contributed by atoms with Crippen LogP contribution in [0.15, 0.2) is 47.0 Å². The van der Waals surface area contributed by atoms with Gasteiger partial charge < -0.3 is 9.42 Å². The topological polar surface area (TPSA) is 59.2 Å². The number of amides is 1. The second-order valence-corrected chi connectivity index (χ2v) is 7.22. The van der Waals surface area contributed by atoms with Crippen molar-refractivity contribution in [3.05, 3.63) is 70.6 Å². The van der Waals surface area contributed by atoms with Crippen LogP contribution in [0.1, 0.15) is 46.8 Å². The molecular formula is C22H25N3O2. The summed E-state index contributed by atoms with van der Waals surface area (Å²) < 4.78 is 5.41. The number of carbonyl (C=O) groups excluding carboxylic acids is 1. The van der Waals surface area contributed by atoms with E-state index in [0.717, 1.165) is 16.7 Å². The van der Waals surface area contributed by atoms with Crippen molar-refractivity contribution in [2.45, 2.75) is 47.2 Å². The van der Waals surface area contributed by atoms with E-state index in [0.29, 0.717) is 17.3 Å². The van der Waals surface area contributed by atoms with E-state index in [1.54, 1.807) is 4.90 Å². The van der Waals surface area contributed by atoms with Crippen molar-refractivity contribution in [1.29, 1.82) is 0 Å². The van der Waals surface area contributed by atoms with Gasteiger partial charge in [0, 0.05) is 17.2 Å². The number of rotatable bonds is 5. The average Bonchev–Trinajstić information content (AvgIpc) is 3.10. The molecule has 1 aromatic heterocycles. The summed E-state index contributed by atoms with van der Waals surface area (Å²) in [6, 6.07) is 13.9. The zero-order chi connectivity index (χ0) is 19.6. The summed E-state index contributed by atoms with van der Waals surface area (Å²) in [6.07, 6.45) is 0. The molecule has 27 heavy (non-hydrogen) atoms. The Kier molecular flexibility index (Phi) is 5.40. The molecule has 5 heteroatoms. The maximum Gasteiger partial charge on any atom is 0.254 e. The maximum atomic E-state index is 13.1. The summed E-state index contributed by atoms with van der Waals surface area (Å²) in [7, 11) is 0. The summed E-state index contributed by atoms with van der Waals surface area (Å²) in [5.74, 6) is 0.937. The third kappa shape index (κ3) is 4.25. The molecule has 0 fully saturated rings. The highest BCUT2D eigenvalue weighted by molar-refractivity contribution is 5.96. The molecule has 0 N–H and O–H groups in total. The van der Waals surface area contributed by atoms with Crippen molar-refractivity contribution in [2.75, 3.05) is 0 Å². The fraction of sp³-hybridized carbons (Fsp3) is 0.318. The molecule has 0 unspecified atom stereocenters. The molecule has 0 atom stereocenters. The number of carbonyl (C=O) groups is 1. The Balaban J connectivity index is 1.84. The molecule has 1 heterocycles. The molecule has 5 nitrogen and oxygen atoms in total. The molecule has 0 aliphatic rings. The Hall–Kier alpha value is -2.95. The van der Waals surface area contributed by atoms with Gasteiger partial charge in [-0.05, 0) is 46.2 Å². The summed E-state index contributed by atoms with van der Waals surface area (Å²) in [6.45, 7) is 10.2. The normalized spacial score (nSPS) is 11.0. The Bertz CT molecular complexity index is 942. The van der Waals surface area contributed by atoms with Crippen LogP contribution in [0.25, 0.3) is 11.4 Å². The van der Waals surface area contributed by atoms with Crippen molar-refractivity contribution in [3.63, 3.8) is 0 Å². The first-order chi connectivity index (χ1) is 12.8. The summed E-state index contributed by atoms with van der Waals surface area (Å²) >= 11 is 0. The Morgan fingerprint density at radius 3 is 2.37 bits per heavy atom. The first-order valence-electron chi connectivity index (χ1n) is 9.13. The molecule has 0 saturated heterocycles. The van der Waals surface area contributed by atoms with Gasteiger partial charge >= 0.3 is 0 Å². The molecular weight excluding hydrogens is 338 g/mol.